The van der Waals surface area contributed by atoms with Crippen LogP contribution in [0, 0.1) is 0 Å². The lowest BCUT2D eigenvalue weighted by Crippen LogP contribution is -2.42. The lowest BCUT2D eigenvalue weighted by atomic mass is 10.1. The number of rotatable bonds is 7. The van der Waals surface area contributed by atoms with Crippen LogP contribution in [0.4, 0.5) is 0 Å². The van der Waals surface area contributed by atoms with Crippen LogP contribution in [-0.2, 0) is 9.16 Å². The zero-order valence-electron chi connectivity index (χ0n) is 13.3. The molecule has 0 aliphatic rings. The average Bonchev–Trinajstić information content (AvgIpc) is 2.38. The van der Waals surface area contributed by atoms with Crippen molar-refractivity contribution >= 4 is 30.9 Å². The van der Waals surface area contributed by atoms with Gasteiger partial charge in [0.25, 0.3) is 0 Å². The topological polar surface area (TPSA) is 18.5 Å². The van der Waals surface area contributed by atoms with Gasteiger partial charge in [0.05, 0.1) is 13.2 Å². The van der Waals surface area contributed by atoms with E-state index in [1.807, 2.05) is 6.07 Å². The standard InChI is InChI=1S/C16H27IO2Si/c1-16(2,3)20(4,5)19-13-15(18-12-11-17)14-9-7-6-8-10-14/h6-10,15H,11-13H2,1-5H3. The molecular formula is C16H27IO2Si. The second-order valence-electron chi connectivity index (χ2n) is 6.53. The van der Waals surface area contributed by atoms with E-state index in [2.05, 4.69) is 80.7 Å². The summed E-state index contributed by atoms with van der Waals surface area (Å²) in [5.41, 5.74) is 1.20. The molecule has 1 atom stereocenters. The number of hydrogen-bond acceptors (Lipinski definition) is 2. The van der Waals surface area contributed by atoms with Crippen molar-refractivity contribution in [3.05, 3.63) is 35.9 Å². The summed E-state index contributed by atoms with van der Waals surface area (Å²) in [5.74, 6) is 0. The fourth-order valence-corrected chi connectivity index (χ4v) is 2.85. The second kappa shape index (κ2) is 7.92. The molecule has 0 aliphatic heterocycles. The summed E-state index contributed by atoms with van der Waals surface area (Å²) in [6.07, 6.45) is 0.0418. The summed E-state index contributed by atoms with van der Waals surface area (Å²) in [4.78, 5) is 0. The number of benzene rings is 1. The smallest absolute Gasteiger partial charge is 0.192 e. The quantitative estimate of drug-likeness (QED) is 0.352. The third-order valence-corrected chi connectivity index (χ3v) is 8.91. The molecule has 0 saturated carbocycles. The van der Waals surface area contributed by atoms with Crippen molar-refractivity contribution in [3.63, 3.8) is 0 Å². The molecule has 0 fully saturated rings. The molecular weight excluding hydrogens is 379 g/mol. The van der Waals surface area contributed by atoms with Crippen LogP contribution in [0.2, 0.25) is 18.1 Å². The monoisotopic (exact) mass is 406 g/mol. The highest BCUT2D eigenvalue weighted by Crippen LogP contribution is 2.37. The molecule has 0 aliphatic carbocycles. The van der Waals surface area contributed by atoms with Crippen molar-refractivity contribution in [3.8, 4) is 0 Å². The third-order valence-electron chi connectivity index (χ3n) is 3.97. The van der Waals surface area contributed by atoms with Crippen molar-refractivity contribution in [2.24, 2.45) is 0 Å². The molecule has 1 aromatic rings. The Bertz CT molecular complexity index is 387. The number of ether oxygens (including phenoxy) is 1. The SMILES string of the molecule is CC(C)(C)[Si](C)(C)OCC(OCCI)c1ccccc1. The minimum Gasteiger partial charge on any atom is -0.414 e. The van der Waals surface area contributed by atoms with Crippen LogP contribution >= 0.6 is 22.6 Å². The molecule has 0 N–H and O–H groups in total. The van der Waals surface area contributed by atoms with Crippen LogP contribution in [0.25, 0.3) is 0 Å². The van der Waals surface area contributed by atoms with Crippen molar-refractivity contribution in [1.29, 1.82) is 0 Å². The minimum atomic E-state index is -1.72. The highest BCUT2D eigenvalue weighted by molar-refractivity contribution is 14.1. The molecule has 0 saturated heterocycles. The first-order chi connectivity index (χ1) is 9.28. The van der Waals surface area contributed by atoms with Crippen molar-refractivity contribution in [2.45, 2.75) is 45.0 Å². The van der Waals surface area contributed by atoms with Gasteiger partial charge in [-0.15, -0.1) is 0 Å². The van der Waals surface area contributed by atoms with Gasteiger partial charge in [0.2, 0.25) is 0 Å². The van der Waals surface area contributed by atoms with Crippen LogP contribution in [0.15, 0.2) is 30.3 Å². The highest BCUT2D eigenvalue weighted by atomic mass is 127. The highest BCUT2D eigenvalue weighted by Gasteiger charge is 2.37. The predicted molar refractivity (Wildman–Crippen MR) is 97.2 cm³/mol. The van der Waals surface area contributed by atoms with Crippen LogP contribution in [0.5, 0.6) is 0 Å². The second-order valence-corrected chi connectivity index (χ2v) is 12.4. The average molecular weight is 406 g/mol. The maximum atomic E-state index is 6.32. The Morgan fingerprint density at radius 2 is 1.75 bits per heavy atom. The maximum absolute atomic E-state index is 6.32. The summed E-state index contributed by atoms with van der Waals surface area (Å²) in [7, 11) is -1.72. The third kappa shape index (κ3) is 5.46. The van der Waals surface area contributed by atoms with Crippen molar-refractivity contribution < 1.29 is 9.16 Å². The maximum Gasteiger partial charge on any atom is 0.192 e. The number of halogens is 1. The van der Waals surface area contributed by atoms with Gasteiger partial charge in [-0.2, -0.15) is 0 Å². The molecule has 20 heavy (non-hydrogen) atoms. The molecule has 0 aromatic heterocycles. The molecule has 4 heteroatoms. The van der Waals surface area contributed by atoms with Gasteiger partial charge in [-0.3, -0.25) is 0 Å². The molecule has 0 amide bonds. The Kier molecular flexibility index (Phi) is 7.18. The Morgan fingerprint density at radius 3 is 2.25 bits per heavy atom. The molecule has 0 bridgehead atoms. The first-order valence-corrected chi connectivity index (χ1v) is 11.6. The largest absolute Gasteiger partial charge is 0.414 e. The Balaban J connectivity index is 2.72. The van der Waals surface area contributed by atoms with Gasteiger partial charge in [-0.25, -0.2) is 0 Å². The van der Waals surface area contributed by atoms with Crippen LogP contribution in [0.3, 0.4) is 0 Å². The lowest BCUT2D eigenvalue weighted by molar-refractivity contribution is 0.0249. The van der Waals surface area contributed by atoms with Gasteiger partial charge in [-0.1, -0.05) is 73.7 Å². The summed E-state index contributed by atoms with van der Waals surface area (Å²) in [5, 5.41) is 0.234. The number of hydrogen-bond donors (Lipinski definition) is 0. The zero-order chi connectivity index (χ0) is 15.2. The van der Waals surface area contributed by atoms with E-state index < -0.39 is 8.32 Å². The zero-order valence-corrected chi connectivity index (χ0v) is 16.4. The predicted octanol–water partition coefficient (Wildman–Crippen LogP) is 5.20. The van der Waals surface area contributed by atoms with Gasteiger partial charge < -0.3 is 9.16 Å². The summed E-state index contributed by atoms with van der Waals surface area (Å²) < 4.78 is 13.3. The van der Waals surface area contributed by atoms with Crippen molar-refractivity contribution in [2.75, 3.05) is 17.6 Å². The van der Waals surface area contributed by atoms with E-state index in [0.717, 1.165) is 11.0 Å². The Labute approximate surface area is 138 Å². The van der Waals surface area contributed by atoms with E-state index in [1.165, 1.54) is 5.56 Å². The van der Waals surface area contributed by atoms with Gasteiger partial charge >= 0.3 is 0 Å². The molecule has 114 valence electrons. The van der Waals surface area contributed by atoms with E-state index in [9.17, 15) is 0 Å². The fraction of sp³-hybridized carbons (Fsp3) is 0.625. The Morgan fingerprint density at radius 1 is 1.15 bits per heavy atom. The first-order valence-electron chi connectivity index (χ1n) is 7.14. The van der Waals surface area contributed by atoms with Crippen molar-refractivity contribution in [1.82, 2.24) is 0 Å². The van der Waals surface area contributed by atoms with Gasteiger partial charge in [-0.05, 0) is 23.7 Å². The van der Waals surface area contributed by atoms with Crippen LogP contribution in [0.1, 0.15) is 32.4 Å². The molecule has 1 unspecified atom stereocenters. The first kappa shape index (κ1) is 18.1. The van der Waals surface area contributed by atoms with E-state index >= 15 is 0 Å². The molecule has 0 radical (unpaired) electrons. The summed E-state index contributed by atoms with van der Waals surface area (Å²) in [6, 6.07) is 10.4. The number of alkyl halides is 1. The van der Waals surface area contributed by atoms with E-state index in [0.29, 0.717) is 6.61 Å². The van der Waals surface area contributed by atoms with E-state index in [4.69, 9.17) is 9.16 Å². The summed E-state index contributed by atoms with van der Waals surface area (Å²) in [6.45, 7) is 12.8. The molecule has 1 aromatic carbocycles. The molecule has 0 spiro atoms. The van der Waals surface area contributed by atoms with Crippen LogP contribution in [-0.4, -0.2) is 26.0 Å². The molecule has 0 heterocycles. The van der Waals surface area contributed by atoms with E-state index in [-0.39, 0.29) is 11.1 Å². The normalized spacial score (nSPS) is 14.3. The van der Waals surface area contributed by atoms with Gasteiger partial charge in [0.1, 0.15) is 6.10 Å². The lowest BCUT2D eigenvalue weighted by Gasteiger charge is -2.37. The minimum absolute atomic E-state index is 0.0418. The fourth-order valence-electron chi connectivity index (χ4n) is 1.60. The molecule has 2 nitrogen and oxygen atoms in total. The van der Waals surface area contributed by atoms with Gasteiger partial charge in [0, 0.05) is 4.43 Å². The van der Waals surface area contributed by atoms with Gasteiger partial charge in [0.15, 0.2) is 8.32 Å². The van der Waals surface area contributed by atoms with E-state index in [1.54, 1.807) is 0 Å². The van der Waals surface area contributed by atoms with Crippen LogP contribution < -0.4 is 0 Å². The molecule has 1 rings (SSSR count). The Hall–Kier alpha value is 0.0869. The summed E-state index contributed by atoms with van der Waals surface area (Å²) >= 11 is 2.34.